The van der Waals surface area contributed by atoms with Crippen molar-refractivity contribution in [1.82, 2.24) is 0 Å². The molecule has 0 amide bonds. The van der Waals surface area contributed by atoms with E-state index in [-0.39, 0.29) is 22.5 Å². The van der Waals surface area contributed by atoms with Crippen LogP contribution in [0.1, 0.15) is 19.1 Å². The SMILES string of the molecule is CCCc1cc(=O)c2c(O)cc(O[C@H]3O[C@H](CO)[C@@H](O)[C@H](O)[C@H]3O)cc2o1. The van der Waals surface area contributed by atoms with E-state index in [0.29, 0.717) is 12.2 Å². The molecule has 0 unspecified atom stereocenters. The number of aliphatic hydroxyl groups is 4. The third kappa shape index (κ3) is 3.78. The number of aliphatic hydroxyl groups excluding tert-OH is 4. The van der Waals surface area contributed by atoms with Crippen LogP contribution < -0.4 is 10.2 Å². The predicted octanol–water partition coefficient (Wildman–Crippen LogP) is -0.370. The highest BCUT2D eigenvalue weighted by Gasteiger charge is 2.44. The Labute approximate surface area is 154 Å². The number of aryl methyl sites for hydroxylation is 1. The van der Waals surface area contributed by atoms with Gasteiger partial charge in [0.05, 0.1) is 6.61 Å². The van der Waals surface area contributed by atoms with Gasteiger partial charge in [-0.3, -0.25) is 4.79 Å². The van der Waals surface area contributed by atoms with E-state index < -0.39 is 42.7 Å². The van der Waals surface area contributed by atoms with Crippen LogP contribution in [0.2, 0.25) is 0 Å². The van der Waals surface area contributed by atoms with Crippen LogP contribution in [0.25, 0.3) is 11.0 Å². The Morgan fingerprint density at radius 3 is 2.52 bits per heavy atom. The van der Waals surface area contributed by atoms with Crippen molar-refractivity contribution in [3.05, 3.63) is 34.2 Å². The molecule has 0 radical (unpaired) electrons. The van der Waals surface area contributed by atoms with Gasteiger partial charge in [-0.1, -0.05) is 6.92 Å². The Bertz CT molecular complexity index is 860. The molecule has 2 aromatic rings. The summed E-state index contributed by atoms with van der Waals surface area (Å²) in [7, 11) is 0. The van der Waals surface area contributed by atoms with Gasteiger partial charge in [-0.05, 0) is 6.42 Å². The second kappa shape index (κ2) is 7.83. The van der Waals surface area contributed by atoms with Gasteiger partial charge in [0.2, 0.25) is 6.29 Å². The van der Waals surface area contributed by atoms with Crippen molar-refractivity contribution in [1.29, 1.82) is 0 Å². The maximum atomic E-state index is 12.2. The van der Waals surface area contributed by atoms with Crippen LogP contribution in [0.5, 0.6) is 11.5 Å². The Hall–Kier alpha value is -2.17. The molecule has 2 heterocycles. The molecule has 9 nitrogen and oxygen atoms in total. The van der Waals surface area contributed by atoms with E-state index in [1.165, 1.54) is 12.1 Å². The fourth-order valence-corrected chi connectivity index (χ4v) is 3.03. The molecule has 0 bridgehead atoms. The smallest absolute Gasteiger partial charge is 0.229 e. The molecular formula is C18H22O9. The molecule has 0 saturated carbocycles. The number of ether oxygens (including phenoxy) is 2. The molecule has 27 heavy (non-hydrogen) atoms. The molecular weight excluding hydrogens is 360 g/mol. The molecule has 148 valence electrons. The summed E-state index contributed by atoms with van der Waals surface area (Å²) in [5.41, 5.74) is -0.290. The highest BCUT2D eigenvalue weighted by atomic mass is 16.7. The van der Waals surface area contributed by atoms with Gasteiger partial charge in [0.15, 0.2) is 5.43 Å². The number of phenolic OH excluding ortho intramolecular Hbond substituents is 1. The summed E-state index contributed by atoms with van der Waals surface area (Å²) in [5, 5.41) is 49.1. The van der Waals surface area contributed by atoms with E-state index >= 15 is 0 Å². The average Bonchev–Trinajstić information content (AvgIpc) is 2.62. The summed E-state index contributed by atoms with van der Waals surface area (Å²) in [4.78, 5) is 12.2. The zero-order valence-electron chi connectivity index (χ0n) is 14.6. The van der Waals surface area contributed by atoms with Gasteiger partial charge in [0.1, 0.15) is 52.6 Å². The van der Waals surface area contributed by atoms with Crippen molar-refractivity contribution in [2.45, 2.75) is 50.5 Å². The van der Waals surface area contributed by atoms with Crippen LogP contribution in [0.15, 0.2) is 27.4 Å². The standard InChI is InChI=1S/C18H22O9/c1-2-3-8-4-10(20)14-11(21)5-9(6-12(14)25-8)26-18-17(24)16(23)15(22)13(7-19)27-18/h4-6,13,15-19,21-24H,2-3,7H2,1H3/t13-,15-,16+,17-,18+/m1/s1. The minimum Gasteiger partial charge on any atom is -0.507 e. The van der Waals surface area contributed by atoms with Crippen molar-refractivity contribution in [3.8, 4) is 11.5 Å². The maximum absolute atomic E-state index is 12.2. The van der Waals surface area contributed by atoms with Gasteiger partial charge in [0.25, 0.3) is 0 Å². The quantitative estimate of drug-likeness (QED) is 0.467. The Kier molecular flexibility index (Phi) is 5.68. The molecule has 9 heteroatoms. The first-order chi connectivity index (χ1) is 12.8. The van der Waals surface area contributed by atoms with Crippen LogP contribution in [-0.4, -0.2) is 62.8 Å². The van der Waals surface area contributed by atoms with E-state index in [0.717, 1.165) is 12.5 Å². The van der Waals surface area contributed by atoms with Crippen molar-refractivity contribution in [2.24, 2.45) is 0 Å². The number of benzene rings is 1. The van der Waals surface area contributed by atoms with Crippen LogP contribution in [0, 0.1) is 0 Å². The highest BCUT2D eigenvalue weighted by molar-refractivity contribution is 5.84. The first-order valence-corrected chi connectivity index (χ1v) is 8.62. The molecule has 1 aliphatic heterocycles. The average molecular weight is 382 g/mol. The second-order valence-corrected chi connectivity index (χ2v) is 6.46. The van der Waals surface area contributed by atoms with Crippen LogP contribution in [0.3, 0.4) is 0 Å². The fourth-order valence-electron chi connectivity index (χ4n) is 3.03. The summed E-state index contributed by atoms with van der Waals surface area (Å²) < 4.78 is 16.4. The Morgan fingerprint density at radius 2 is 1.85 bits per heavy atom. The van der Waals surface area contributed by atoms with Crippen molar-refractivity contribution in [3.63, 3.8) is 0 Å². The largest absolute Gasteiger partial charge is 0.507 e. The molecule has 5 atom stereocenters. The molecule has 3 rings (SSSR count). The van der Waals surface area contributed by atoms with Crippen LogP contribution in [-0.2, 0) is 11.2 Å². The van der Waals surface area contributed by atoms with Gasteiger partial charge < -0.3 is 39.4 Å². The minimum atomic E-state index is -1.60. The summed E-state index contributed by atoms with van der Waals surface area (Å²) >= 11 is 0. The minimum absolute atomic E-state index is 0.00370. The van der Waals surface area contributed by atoms with Crippen LogP contribution >= 0.6 is 0 Å². The lowest BCUT2D eigenvalue weighted by Crippen LogP contribution is -2.60. The summed E-state index contributed by atoms with van der Waals surface area (Å²) in [6.45, 7) is 1.34. The lowest BCUT2D eigenvalue weighted by molar-refractivity contribution is -0.277. The number of hydrogen-bond donors (Lipinski definition) is 5. The first kappa shape index (κ1) is 19.6. The fraction of sp³-hybridized carbons (Fsp3) is 0.500. The maximum Gasteiger partial charge on any atom is 0.229 e. The predicted molar refractivity (Wildman–Crippen MR) is 92.5 cm³/mol. The lowest BCUT2D eigenvalue weighted by Gasteiger charge is -2.39. The third-order valence-corrected chi connectivity index (χ3v) is 4.43. The van der Waals surface area contributed by atoms with E-state index in [2.05, 4.69) is 0 Å². The number of aromatic hydroxyl groups is 1. The monoisotopic (exact) mass is 382 g/mol. The Balaban J connectivity index is 1.93. The number of hydrogen-bond acceptors (Lipinski definition) is 9. The molecule has 1 saturated heterocycles. The lowest BCUT2D eigenvalue weighted by atomic mass is 9.99. The van der Waals surface area contributed by atoms with E-state index in [4.69, 9.17) is 13.9 Å². The van der Waals surface area contributed by atoms with Gasteiger partial charge >= 0.3 is 0 Å². The van der Waals surface area contributed by atoms with Gasteiger partial charge in [-0.15, -0.1) is 0 Å². The topological polar surface area (TPSA) is 150 Å². The zero-order chi connectivity index (χ0) is 19.7. The molecule has 1 aromatic heterocycles. The first-order valence-electron chi connectivity index (χ1n) is 8.62. The second-order valence-electron chi connectivity index (χ2n) is 6.46. The van der Waals surface area contributed by atoms with Crippen LogP contribution in [0.4, 0.5) is 0 Å². The van der Waals surface area contributed by atoms with Gasteiger partial charge in [-0.25, -0.2) is 0 Å². The van der Waals surface area contributed by atoms with Crippen molar-refractivity contribution < 1.29 is 39.4 Å². The number of rotatable bonds is 5. The summed E-state index contributed by atoms with van der Waals surface area (Å²) in [6, 6.07) is 3.83. The molecule has 0 aliphatic carbocycles. The molecule has 1 aliphatic rings. The van der Waals surface area contributed by atoms with E-state index in [1.54, 1.807) is 0 Å². The Morgan fingerprint density at radius 1 is 1.11 bits per heavy atom. The number of fused-ring (bicyclic) bond motifs is 1. The van der Waals surface area contributed by atoms with Crippen molar-refractivity contribution >= 4 is 11.0 Å². The molecule has 5 N–H and O–H groups in total. The van der Waals surface area contributed by atoms with E-state index in [1.807, 2.05) is 6.92 Å². The van der Waals surface area contributed by atoms with E-state index in [9.17, 15) is 30.3 Å². The third-order valence-electron chi connectivity index (χ3n) is 4.43. The number of phenols is 1. The van der Waals surface area contributed by atoms with Gasteiger partial charge in [0, 0.05) is 24.6 Å². The zero-order valence-corrected chi connectivity index (χ0v) is 14.6. The molecule has 1 aromatic carbocycles. The highest BCUT2D eigenvalue weighted by Crippen LogP contribution is 2.31. The summed E-state index contributed by atoms with van der Waals surface area (Å²) in [6.07, 6.45) is -5.93. The van der Waals surface area contributed by atoms with Gasteiger partial charge in [-0.2, -0.15) is 0 Å². The molecule has 0 spiro atoms. The summed E-state index contributed by atoms with van der Waals surface area (Å²) in [5.74, 6) is 0.101. The normalized spacial score (nSPS) is 28.4. The van der Waals surface area contributed by atoms with Crippen molar-refractivity contribution in [2.75, 3.05) is 6.61 Å². The molecule has 1 fully saturated rings.